The summed E-state index contributed by atoms with van der Waals surface area (Å²) in [7, 11) is 0. The smallest absolute Gasteiger partial charge is 0.417 e. The first-order chi connectivity index (χ1) is 9.00. The molecule has 0 N–H and O–H groups in total. The number of pyridine rings is 1. The first-order valence-corrected chi connectivity index (χ1v) is 5.20. The predicted molar refractivity (Wildman–Crippen MR) is 60.5 cm³/mol. The molecule has 0 saturated heterocycles. The van der Waals surface area contributed by atoms with Gasteiger partial charge in [0.05, 0.1) is 23.4 Å². The summed E-state index contributed by atoms with van der Waals surface area (Å²) < 4.78 is 43.4. The monoisotopic (exact) mass is 264 g/mol. The Hall–Kier alpha value is -2.55. The number of ether oxygens (including phenoxy) is 1. The number of hydrogen-bond acceptors (Lipinski definition) is 3. The lowest BCUT2D eigenvalue weighted by atomic mass is 10.1. The van der Waals surface area contributed by atoms with Gasteiger partial charge in [0.15, 0.2) is 0 Å². The molecule has 0 aliphatic heterocycles. The molecule has 0 saturated carbocycles. The number of halogens is 3. The highest BCUT2D eigenvalue weighted by Gasteiger charge is 2.34. The molecule has 0 unspecified atom stereocenters. The van der Waals surface area contributed by atoms with Crippen molar-refractivity contribution in [1.29, 1.82) is 5.26 Å². The Morgan fingerprint density at radius 3 is 2.53 bits per heavy atom. The summed E-state index contributed by atoms with van der Waals surface area (Å²) >= 11 is 0. The third kappa shape index (κ3) is 3.01. The fraction of sp³-hybridized carbons (Fsp3) is 0.0769. The molecule has 1 aromatic carbocycles. The van der Waals surface area contributed by atoms with E-state index in [4.69, 9.17) is 10.00 Å². The van der Waals surface area contributed by atoms with Crippen LogP contribution in [0.4, 0.5) is 13.2 Å². The van der Waals surface area contributed by atoms with Gasteiger partial charge in [0.1, 0.15) is 11.5 Å². The van der Waals surface area contributed by atoms with Gasteiger partial charge < -0.3 is 4.74 Å². The Bertz CT molecular complexity index is 618. The van der Waals surface area contributed by atoms with Crippen molar-refractivity contribution in [3.63, 3.8) is 0 Å². The maximum absolute atomic E-state index is 12.7. The highest BCUT2D eigenvalue weighted by Crippen LogP contribution is 2.35. The van der Waals surface area contributed by atoms with Gasteiger partial charge in [-0.05, 0) is 30.3 Å². The minimum absolute atomic E-state index is 0.000625. The van der Waals surface area contributed by atoms with Gasteiger partial charge >= 0.3 is 6.18 Å². The highest BCUT2D eigenvalue weighted by atomic mass is 19.4. The van der Waals surface area contributed by atoms with Crippen molar-refractivity contribution in [2.24, 2.45) is 0 Å². The second kappa shape index (κ2) is 4.98. The molecule has 1 aromatic heterocycles. The Morgan fingerprint density at radius 2 is 1.95 bits per heavy atom. The van der Waals surface area contributed by atoms with Crippen LogP contribution in [0.25, 0.3) is 0 Å². The fourth-order valence-corrected chi connectivity index (χ4v) is 1.46. The molecule has 19 heavy (non-hydrogen) atoms. The van der Waals surface area contributed by atoms with Crippen LogP contribution < -0.4 is 4.74 Å². The highest BCUT2D eigenvalue weighted by molar-refractivity contribution is 5.45. The maximum Gasteiger partial charge on any atom is 0.417 e. The summed E-state index contributed by atoms with van der Waals surface area (Å²) in [6.07, 6.45) is -1.70. The van der Waals surface area contributed by atoms with E-state index in [-0.39, 0.29) is 5.75 Å². The zero-order valence-corrected chi connectivity index (χ0v) is 9.48. The number of aromatic nitrogens is 1. The Kier molecular flexibility index (Phi) is 3.38. The van der Waals surface area contributed by atoms with Crippen molar-refractivity contribution < 1.29 is 17.9 Å². The van der Waals surface area contributed by atoms with Crippen molar-refractivity contribution in [2.75, 3.05) is 0 Å². The third-order valence-electron chi connectivity index (χ3n) is 2.29. The first kappa shape index (κ1) is 12.9. The molecule has 0 radical (unpaired) electrons. The van der Waals surface area contributed by atoms with E-state index < -0.39 is 17.3 Å². The van der Waals surface area contributed by atoms with Crippen LogP contribution in [-0.2, 0) is 6.18 Å². The number of nitriles is 1. The summed E-state index contributed by atoms with van der Waals surface area (Å²) in [5, 5.41) is 8.66. The summed E-state index contributed by atoms with van der Waals surface area (Å²) in [5.41, 5.74) is -1.46. The van der Waals surface area contributed by atoms with E-state index in [1.165, 1.54) is 24.5 Å². The van der Waals surface area contributed by atoms with Crippen LogP contribution in [0.15, 0.2) is 42.7 Å². The van der Waals surface area contributed by atoms with Gasteiger partial charge in [0.2, 0.25) is 0 Å². The summed E-state index contributed by atoms with van der Waals surface area (Å²) in [6, 6.07) is 7.86. The predicted octanol–water partition coefficient (Wildman–Crippen LogP) is 3.76. The zero-order chi connectivity index (χ0) is 13.9. The van der Waals surface area contributed by atoms with Crippen molar-refractivity contribution >= 4 is 0 Å². The van der Waals surface area contributed by atoms with Crippen molar-refractivity contribution in [3.05, 3.63) is 53.9 Å². The second-order valence-corrected chi connectivity index (χ2v) is 3.61. The van der Waals surface area contributed by atoms with Crippen LogP contribution in [0.2, 0.25) is 0 Å². The van der Waals surface area contributed by atoms with Crippen LogP contribution in [0.1, 0.15) is 11.1 Å². The molecule has 2 aromatic rings. The molecule has 0 fully saturated rings. The number of hydrogen-bond donors (Lipinski definition) is 0. The molecule has 6 heteroatoms. The lowest BCUT2D eigenvalue weighted by Gasteiger charge is -2.11. The number of rotatable bonds is 2. The lowest BCUT2D eigenvalue weighted by Crippen LogP contribution is -2.07. The molecule has 1 heterocycles. The molecule has 0 bridgehead atoms. The molecule has 0 amide bonds. The average molecular weight is 264 g/mol. The quantitative estimate of drug-likeness (QED) is 0.829. The van der Waals surface area contributed by atoms with E-state index >= 15 is 0 Å². The Morgan fingerprint density at radius 1 is 1.16 bits per heavy atom. The van der Waals surface area contributed by atoms with Gasteiger partial charge in [-0.25, -0.2) is 0 Å². The minimum atomic E-state index is -4.60. The molecule has 0 aliphatic rings. The van der Waals surface area contributed by atoms with Crippen LogP contribution >= 0.6 is 0 Å². The fourth-order valence-electron chi connectivity index (χ4n) is 1.46. The number of benzene rings is 1. The van der Waals surface area contributed by atoms with Gasteiger partial charge in [-0.15, -0.1) is 0 Å². The molecule has 2 rings (SSSR count). The summed E-state index contributed by atoms with van der Waals surface area (Å²) in [6.45, 7) is 0. The van der Waals surface area contributed by atoms with E-state index in [1.807, 2.05) is 0 Å². The lowest BCUT2D eigenvalue weighted by molar-refractivity contribution is -0.137. The van der Waals surface area contributed by atoms with Gasteiger partial charge in [0, 0.05) is 6.20 Å². The van der Waals surface area contributed by atoms with Crippen LogP contribution in [0, 0.1) is 11.3 Å². The molecule has 0 spiro atoms. The zero-order valence-electron chi connectivity index (χ0n) is 9.48. The number of alkyl halides is 3. The average Bonchev–Trinajstić information content (AvgIpc) is 2.39. The van der Waals surface area contributed by atoms with Crippen molar-refractivity contribution in [2.45, 2.75) is 6.18 Å². The van der Waals surface area contributed by atoms with E-state index in [2.05, 4.69) is 4.98 Å². The topological polar surface area (TPSA) is 45.9 Å². The van der Waals surface area contributed by atoms with E-state index in [0.717, 1.165) is 12.1 Å². The summed E-state index contributed by atoms with van der Waals surface area (Å²) in [5.74, 6) is 0.319. The van der Waals surface area contributed by atoms with Gasteiger partial charge in [-0.1, -0.05) is 0 Å². The molecular formula is C13H7F3N2O. The van der Waals surface area contributed by atoms with E-state index in [0.29, 0.717) is 5.75 Å². The number of nitrogens with zero attached hydrogens (tertiary/aromatic N) is 2. The third-order valence-corrected chi connectivity index (χ3v) is 2.29. The van der Waals surface area contributed by atoms with Crippen molar-refractivity contribution in [1.82, 2.24) is 4.98 Å². The minimum Gasteiger partial charge on any atom is -0.456 e. The van der Waals surface area contributed by atoms with Crippen LogP contribution in [-0.4, -0.2) is 4.98 Å². The Labute approximate surface area is 106 Å². The largest absolute Gasteiger partial charge is 0.456 e. The first-order valence-electron chi connectivity index (χ1n) is 5.20. The standard InChI is InChI=1S/C13H7F3N2O/c14-13(15,16)12-6-10(4-3-9(12)7-17)19-11-2-1-5-18-8-11/h1-6,8H. The summed E-state index contributed by atoms with van der Waals surface area (Å²) in [4.78, 5) is 3.79. The van der Waals surface area contributed by atoms with Gasteiger partial charge in [-0.3, -0.25) is 4.98 Å². The second-order valence-electron chi connectivity index (χ2n) is 3.61. The van der Waals surface area contributed by atoms with Gasteiger partial charge in [-0.2, -0.15) is 18.4 Å². The van der Waals surface area contributed by atoms with Gasteiger partial charge in [0.25, 0.3) is 0 Å². The molecule has 3 nitrogen and oxygen atoms in total. The molecule has 0 aliphatic carbocycles. The Balaban J connectivity index is 2.37. The van der Waals surface area contributed by atoms with Crippen LogP contribution in [0.5, 0.6) is 11.5 Å². The normalized spacial score (nSPS) is 10.8. The molecule has 96 valence electrons. The van der Waals surface area contributed by atoms with E-state index in [9.17, 15) is 13.2 Å². The molecule has 0 atom stereocenters. The maximum atomic E-state index is 12.7. The molecular weight excluding hydrogens is 257 g/mol. The van der Waals surface area contributed by atoms with Crippen molar-refractivity contribution in [3.8, 4) is 17.6 Å². The SMILES string of the molecule is N#Cc1ccc(Oc2cccnc2)cc1C(F)(F)F. The van der Waals surface area contributed by atoms with E-state index in [1.54, 1.807) is 12.1 Å². The van der Waals surface area contributed by atoms with Crippen LogP contribution in [0.3, 0.4) is 0 Å².